The maximum Gasteiger partial charge on any atom is 0.244 e. The van der Waals surface area contributed by atoms with E-state index in [1.54, 1.807) is 35.0 Å². The molecule has 5 heteroatoms. The summed E-state index contributed by atoms with van der Waals surface area (Å²) >= 11 is 5.81. The first-order valence-corrected chi connectivity index (χ1v) is 7.13. The number of nitrogens with one attached hydrogen (secondary N) is 1. The van der Waals surface area contributed by atoms with Crippen molar-refractivity contribution in [2.45, 2.75) is 6.54 Å². The number of fused-ring (bicyclic) bond motifs is 1. The second-order valence-corrected chi connectivity index (χ2v) is 5.34. The van der Waals surface area contributed by atoms with Crippen molar-refractivity contribution < 1.29 is 9.59 Å². The Kier molecular flexibility index (Phi) is 3.94. The van der Waals surface area contributed by atoms with E-state index in [0.717, 1.165) is 17.2 Å². The molecule has 4 nitrogen and oxygen atoms in total. The molecular weight excluding hydrogens is 300 g/mol. The van der Waals surface area contributed by atoms with Crippen LogP contribution < -0.4 is 5.32 Å². The van der Waals surface area contributed by atoms with Crippen LogP contribution in [0.2, 0.25) is 5.02 Å². The van der Waals surface area contributed by atoms with Crippen LogP contribution in [0.1, 0.15) is 10.4 Å². The van der Waals surface area contributed by atoms with Gasteiger partial charge in [0.25, 0.3) is 0 Å². The molecule has 1 N–H and O–H groups in total. The monoisotopic (exact) mass is 312 g/mol. The van der Waals surface area contributed by atoms with E-state index >= 15 is 0 Å². The normalized spacial score (nSPS) is 10.6. The highest BCUT2D eigenvalue weighted by Crippen LogP contribution is 2.20. The van der Waals surface area contributed by atoms with Crippen molar-refractivity contribution in [1.82, 2.24) is 4.57 Å². The van der Waals surface area contributed by atoms with Crippen LogP contribution in [0.15, 0.2) is 54.7 Å². The summed E-state index contributed by atoms with van der Waals surface area (Å²) in [5.41, 5.74) is 2.12. The minimum absolute atomic E-state index is 0.136. The Balaban J connectivity index is 1.82. The summed E-state index contributed by atoms with van der Waals surface area (Å²) in [5.74, 6) is -0.166. The Labute approximate surface area is 132 Å². The lowest BCUT2D eigenvalue weighted by Gasteiger charge is -2.07. The van der Waals surface area contributed by atoms with Crippen LogP contribution in [0.4, 0.5) is 5.69 Å². The van der Waals surface area contributed by atoms with Gasteiger partial charge in [0, 0.05) is 33.4 Å². The number of hydrogen-bond acceptors (Lipinski definition) is 2. The van der Waals surface area contributed by atoms with Crippen LogP contribution in [0.5, 0.6) is 0 Å². The first kappa shape index (κ1) is 14.4. The van der Waals surface area contributed by atoms with Crippen molar-refractivity contribution in [2.24, 2.45) is 0 Å². The molecule has 0 radical (unpaired) electrons. The van der Waals surface area contributed by atoms with Crippen molar-refractivity contribution in [1.29, 1.82) is 0 Å². The third kappa shape index (κ3) is 2.87. The van der Waals surface area contributed by atoms with Gasteiger partial charge in [-0.2, -0.15) is 0 Å². The number of rotatable bonds is 4. The first-order valence-electron chi connectivity index (χ1n) is 6.76. The highest BCUT2D eigenvalue weighted by Gasteiger charge is 2.10. The highest BCUT2D eigenvalue weighted by atomic mass is 35.5. The fourth-order valence-corrected chi connectivity index (χ4v) is 2.51. The molecule has 1 amide bonds. The summed E-state index contributed by atoms with van der Waals surface area (Å²) < 4.78 is 1.77. The third-order valence-corrected chi connectivity index (χ3v) is 3.64. The van der Waals surface area contributed by atoms with Crippen molar-refractivity contribution in [3.8, 4) is 0 Å². The van der Waals surface area contributed by atoms with Crippen LogP contribution in [-0.4, -0.2) is 16.8 Å². The van der Waals surface area contributed by atoms with Gasteiger partial charge in [0.1, 0.15) is 6.54 Å². The summed E-state index contributed by atoms with van der Waals surface area (Å²) in [4.78, 5) is 23.3. The molecule has 1 aromatic heterocycles. The molecule has 0 atom stereocenters. The molecule has 22 heavy (non-hydrogen) atoms. The van der Waals surface area contributed by atoms with E-state index in [1.807, 2.05) is 24.3 Å². The van der Waals surface area contributed by atoms with Gasteiger partial charge in [0.05, 0.1) is 0 Å². The second-order valence-electron chi connectivity index (χ2n) is 4.90. The molecule has 2 aromatic carbocycles. The lowest BCUT2D eigenvalue weighted by atomic mass is 10.2. The number of amides is 1. The minimum Gasteiger partial charge on any atom is -0.337 e. The number of para-hydroxylation sites is 1. The first-order chi connectivity index (χ1) is 10.7. The van der Waals surface area contributed by atoms with Gasteiger partial charge in [-0.05, 0) is 30.3 Å². The van der Waals surface area contributed by atoms with E-state index in [1.165, 1.54) is 0 Å². The Hall–Kier alpha value is -2.59. The summed E-state index contributed by atoms with van der Waals surface area (Å²) in [6.45, 7) is 0.136. The van der Waals surface area contributed by atoms with Gasteiger partial charge in [-0.3, -0.25) is 9.59 Å². The molecular formula is C17H13ClN2O2. The predicted molar refractivity (Wildman–Crippen MR) is 87.4 cm³/mol. The molecule has 0 fully saturated rings. The van der Waals surface area contributed by atoms with Gasteiger partial charge >= 0.3 is 0 Å². The Bertz CT molecular complexity index is 837. The fourth-order valence-electron chi connectivity index (χ4n) is 2.39. The molecule has 0 saturated heterocycles. The molecule has 3 rings (SSSR count). The fraction of sp³-hybridized carbons (Fsp3) is 0.0588. The summed E-state index contributed by atoms with van der Waals surface area (Å²) in [5, 5.41) is 4.26. The number of aromatic nitrogens is 1. The average Bonchev–Trinajstić information content (AvgIpc) is 2.88. The molecule has 0 saturated carbocycles. The van der Waals surface area contributed by atoms with Crippen molar-refractivity contribution in [2.75, 3.05) is 5.32 Å². The zero-order valence-corrected chi connectivity index (χ0v) is 12.4. The molecule has 0 aliphatic carbocycles. The zero-order valence-electron chi connectivity index (χ0n) is 11.6. The highest BCUT2D eigenvalue weighted by molar-refractivity contribution is 6.30. The Morgan fingerprint density at radius 3 is 2.59 bits per heavy atom. The zero-order chi connectivity index (χ0) is 15.5. The molecule has 0 bridgehead atoms. The molecule has 110 valence electrons. The molecule has 0 unspecified atom stereocenters. The molecule has 3 aromatic rings. The Morgan fingerprint density at radius 2 is 1.86 bits per heavy atom. The number of carbonyl (C=O) groups excluding carboxylic acids is 2. The van der Waals surface area contributed by atoms with Gasteiger partial charge in [0.2, 0.25) is 5.91 Å². The van der Waals surface area contributed by atoms with Crippen LogP contribution >= 0.6 is 11.6 Å². The topological polar surface area (TPSA) is 51.1 Å². The predicted octanol–water partition coefficient (Wildman–Crippen LogP) is 3.75. The van der Waals surface area contributed by atoms with Crippen molar-refractivity contribution in [3.05, 3.63) is 65.3 Å². The van der Waals surface area contributed by atoms with E-state index in [0.29, 0.717) is 16.3 Å². The quantitative estimate of drug-likeness (QED) is 0.746. The van der Waals surface area contributed by atoms with E-state index in [2.05, 4.69) is 5.32 Å². The number of anilines is 1. The van der Waals surface area contributed by atoms with Crippen molar-refractivity contribution >= 4 is 40.4 Å². The number of halogens is 1. The van der Waals surface area contributed by atoms with Gasteiger partial charge in [0.15, 0.2) is 6.29 Å². The van der Waals surface area contributed by atoms with E-state index in [9.17, 15) is 9.59 Å². The number of carbonyl (C=O) groups is 2. The summed E-state index contributed by atoms with van der Waals surface area (Å²) in [6.07, 6.45) is 2.50. The third-order valence-electron chi connectivity index (χ3n) is 3.39. The smallest absolute Gasteiger partial charge is 0.244 e. The lowest BCUT2D eigenvalue weighted by Crippen LogP contribution is -2.18. The van der Waals surface area contributed by atoms with Crippen LogP contribution in [0.25, 0.3) is 10.9 Å². The van der Waals surface area contributed by atoms with Crippen molar-refractivity contribution in [3.63, 3.8) is 0 Å². The van der Waals surface area contributed by atoms with Gasteiger partial charge in [-0.15, -0.1) is 0 Å². The average molecular weight is 313 g/mol. The number of aldehydes is 1. The number of hydrogen-bond donors (Lipinski definition) is 1. The Morgan fingerprint density at radius 1 is 1.14 bits per heavy atom. The molecule has 0 spiro atoms. The van der Waals surface area contributed by atoms with E-state index < -0.39 is 0 Å². The largest absolute Gasteiger partial charge is 0.337 e. The van der Waals surface area contributed by atoms with Crippen LogP contribution in [0, 0.1) is 0 Å². The molecule has 0 aliphatic heterocycles. The molecule has 0 aliphatic rings. The maximum atomic E-state index is 12.2. The van der Waals surface area contributed by atoms with Gasteiger partial charge in [-0.1, -0.05) is 29.8 Å². The van der Waals surface area contributed by atoms with E-state index in [4.69, 9.17) is 11.6 Å². The molecule has 1 heterocycles. The van der Waals surface area contributed by atoms with E-state index in [-0.39, 0.29) is 12.5 Å². The maximum absolute atomic E-state index is 12.2. The second kappa shape index (κ2) is 6.03. The summed E-state index contributed by atoms with van der Waals surface area (Å²) in [7, 11) is 0. The lowest BCUT2D eigenvalue weighted by molar-refractivity contribution is -0.116. The standard InChI is InChI=1S/C17H13ClN2O2/c18-13-5-7-14(8-6-13)19-17(22)10-20-9-12(11-21)15-3-1-2-4-16(15)20/h1-9,11H,10H2,(H,19,22). The number of nitrogens with zero attached hydrogens (tertiary/aromatic N) is 1. The van der Waals surface area contributed by atoms with Gasteiger partial charge < -0.3 is 9.88 Å². The minimum atomic E-state index is -0.166. The van der Waals surface area contributed by atoms with Crippen LogP contribution in [0.3, 0.4) is 0 Å². The summed E-state index contributed by atoms with van der Waals surface area (Å²) in [6, 6.07) is 14.4. The van der Waals surface area contributed by atoms with Gasteiger partial charge in [-0.25, -0.2) is 0 Å². The van der Waals surface area contributed by atoms with Crippen LogP contribution in [-0.2, 0) is 11.3 Å². The number of benzene rings is 2. The SMILES string of the molecule is O=Cc1cn(CC(=O)Nc2ccc(Cl)cc2)c2ccccc12.